The summed E-state index contributed by atoms with van der Waals surface area (Å²) in [5, 5.41) is 4.09. The molecule has 0 atom stereocenters. The third-order valence-corrected chi connectivity index (χ3v) is 2.24. The fraction of sp³-hybridized carbons (Fsp3) is 0.625. The number of aliphatic imine (C=N–C) groups is 1. The molecule has 0 N–H and O–H groups in total. The number of aromatic nitrogens is 3. The minimum absolute atomic E-state index is 0.198. The number of rotatable bonds is 1. The average Bonchev–Trinajstić information content (AvgIpc) is 2.49. The van der Waals surface area contributed by atoms with Gasteiger partial charge < -0.3 is 4.90 Å². The van der Waals surface area contributed by atoms with Crippen LogP contribution in [0.25, 0.3) is 0 Å². The van der Waals surface area contributed by atoms with Gasteiger partial charge in [0.15, 0.2) is 0 Å². The predicted octanol–water partition coefficient (Wildman–Crippen LogP) is 0.475. The topological polar surface area (TPSA) is 63.4 Å². The van der Waals surface area contributed by atoms with Gasteiger partial charge in [-0.25, -0.2) is 9.48 Å². The summed E-state index contributed by atoms with van der Waals surface area (Å²) in [6, 6.07) is 0. The molecule has 0 aliphatic carbocycles. The molecule has 0 amide bonds. The van der Waals surface area contributed by atoms with Gasteiger partial charge in [0, 0.05) is 20.1 Å². The Labute approximate surface area is 81.3 Å². The van der Waals surface area contributed by atoms with Crippen molar-refractivity contribution in [1.29, 1.82) is 0 Å². The molecule has 0 saturated carbocycles. The van der Waals surface area contributed by atoms with E-state index < -0.39 is 0 Å². The number of isocyanates is 1. The highest BCUT2D eigenvalue weighted by Crippen LogP contribution is 2.18. The molecule has 1 aromatic rings. The van der Waals surface area contributed by atoms with Crippen molar-refractivity contribution in [2.45, 2.75) is 19.4 Å². The van der Waals surface area contributed by atoms with Crippen LogP contribution in [0.4, 0.5) is 11.9 Å². The molecule has 1 aromatic heterocycles. The predicted molar refractivity (Wildman–Crippen MR) is 50.3 cm³/mol. The van der Waals surface area contributed by atoms with Gasteiger partial charge in [0.25, 0.3) is 5.95 Å². The SMILES string of the molecule is CN1CCCCn2nc(N=C=O)nc21. The Hall–Kier alpha value is -1.68. The summed E-state index contributed by atoms with van der Waals surface area (Å²) in [6.07, 6.45) is 3.65. The average molecular weight is 193 g/mol. The molecule has 74 valence electrons. The Morgan fingerprint density at radius 2 is 2.21 bits per heavy atom. The van der Waals surface area contributed by atoms with Gasteiger partial charge in [-0.3, -0.25) is 0 Å². The van der Waals surface area contributed by atoms with Crippen molar-refractivity contribution in [1.82, 2.24) is 14.8 Å². The van der Waals surface area contributed by atoms with Crippen LogP contribution >= 0.6 is 0 Å². The minimum atomic E-state index is 0.198. The van der Waals surface area contributed by atoms with E-state index >= 15 is 0 Å². The van der Waals surface area contributed by atoms with E-state index in [2.05, 4.69) is 15.1 Å². The maximum atomic E-state index is 10.0. The van der Waals surface area contributed by atoms with E-state index in [9.17, 15) is 4.79 Å². The molecule has 14 heavy (non-hydrogen) atoms. The second-order valence-corrected chi connectivity index (χ2v) is 3.27. The highest BCUT2D eigenvalue weighted by Gasteiger charge is 2.16. The van der Waals surface area contributed by atoms with E-state index in [4.69, 9.17) is 0 Å². The Morgan fingerprint density at radius 1 is 1.43 bits per heavy atom. The molecular weight excluding hydrogens is 182 g/mol. The summed E-state index contributed by atoms with van der Waals surface area (Å²) >= 11 is 0. The second kappa shape index (κ2) is 3.59. The number of fused-ring (bicyclic) bond motifs is 1. The first-order valence-electron chi connectivity index (χ1n) is 4.55. The van der Waals surface area contributed by atoms with Gasteiger partial charge in [-0.2, -0.15) is 4.98 Å². The summed E-state index contributed by atoms with van der Waals surface area (Å²) < 4.78 is 1.78. The maximum absolute atomic E-state index is 10.0. The normalized spacial score (nSPS) is 15.6. The molecular formula is C8H11N5O. The van der Waals surface area contributed by atoms with Crippen molar-refractivity contribution in [2.75, 3.05) is 18.5 Å². The first kappa shape index (κ1) is 8.90. The molecule has 0 fully saturated rings. The van der Waals surface area contributed by atoms with Gasteiger partial charge >= 0.3 is 0 Å². The quantitative estimate of drug-likeness (QED) is 0.480. The van der Waals surface area contributed by atoms with E-state index in [1.54, 1.807) is 4.68 Å². The zero-order chi connectivity index (χ0) is 9.97. The number of hydrogen-bond donors (Lipinski definition) is 0. The lowest BCUT2D eigenvalue weighted by atomic mass is 10.3. The highest BCUT2D eigenvalue weighted by molar-refractivity contribution is 5.43. The number of nitrogens with zero attached hydrogens (tertiary/aromatic N) is 5. The van der Waals surface area contributed by atoms with Gasteiger partial charge in [-0.05, 0) is 12.8 Å². The molecule has 6 nitrogen and oxygen atoms in total. The van der Waals surface area contributed by atoms with Crippen LogP contribution in [0.2, 0.25) is 0 Å². The van der Waals surface area contributed by atoms with Crippen molar-refractivity contribution in [3.05, 3.63) is 0 Å². The molecule has 0 bridgehead atoms. The van der Waals surface area contributed by atoms with Crippen LogP contribution < -0.4 is 4.90 Å². The highest BCUT2D eigenvalue weighted by atomic mass is 16.1. The van der Waals surface area contributed by atoms with Crippen molar-refractivity contribution in [3.63, 3.8) is 0 Å². The number of hydrogen-bond acceptors (Lipinski definition) is 5. The molecule has 1 aliphatic rings. The first-order chi connectivity index (χ1) is 6.81. The molecule has 2 heterocycles. The Bertz CT molecular complexity index is 379. The Kier molecular flexibility index (Phi) is 2.28. The lowest BCUT2D eigenvalue weighted by Crippen LogP contribution is -2.19. The molecule has 0 saturated heterocycles. The van der Waals surface area contributed by atoms with Crippen molar-refractivity contribution < 1.29 is 4.79 Å². The maximum Gasteiger partial charge on any atom is 0.281 e. The van der Waals surface area contributed by atoms with Gasteiger partial charge in [0.2, 0.25) is 12.0 Å². The Balaban J connectivity index is 2.38. The number of aryl methyl sites for hydroxylation is 1. The lowest BCUT2D eigenvalue weighted by Gasteiger charge is -2.13. The summed E-state index contributed by atoms with van der Waals surface area (Å²) in [5.74, 6) is 0.972. The molecule has 6 heteroatoms. The zero-order valence-electron chi connectivity index (χ0n) is 7.97. The third-order valence-electron chi connectivity index (χ3n) is 2.24. The summed E-state index contributed by atoms with van der Waals surface area (Å²) in [7, 11) is 1.96. The van der Waals surface area contributed by atoms with E-state index in [-0.39, 0.29) is 5.95 Å². The number of carbonyl (C=O) groups excluding carboxylic acids is 1. The van der Waals surface area contributed by atoms with Crippen LogP contribution in [-0.2, 0) is 11.3 Å². The fourth-order valence-corrected chi connectivity index (χ4v) is 1.55. The van der Waals surface area contributed by atoms with Crippen molar-refractivity contribution in [2.24, 2.45) is 4.99 Å². The fourth-order valence-electron chi connectivity index (χ4n) is 1.55. The van der Waals surface area contributed by atoms with Gasteiger partial charge in [0.05, 0.1) is 0 Å². The largest absolute Gasteiger partial charge is 0.344 e. The smallest absolute Gasteiger partial charge is 0.281 e. The molecule has 0 radical (unpaired) electrons. The molecule has 0 spiro atoms. The molecule has 0 aromatic carbocycles. The first-order valence-corrected chi connectivity index (χ1v) is 4.55. The van der Waals surface area contributed by atoms with Crippen molar-refractivity contribution in [3.8, 4) is 0 Å². The standard InChI is InChI=1S/C8H11N5O/c1-12-4-2-3-5-13-8(12)10-7(11-13)9-6-14/h2-5H2,1H3. The van der Waals surface area contributed by atoms with Crippen LogP contribution in [0.1, 0.15) is 12.8 Å². The Morgan fingerprint density at radius 3 is 3.00 bits per heavy atom. The monoisotopic (exact) mass is 193 g/mol. The van der Waals surface area contributed by atoms with Crippen LogP contribution in [0.3, 0.4) is 0 Å². The molecule has 0 unspecified atom stereocenters. The summed E-state index contributed by atoms with van der Waals surface area (Å²) in [6.45, 7) is 1.80. The van der Waals surface area contributed by atoms with E-state index in [0.29, 0.717) is 0 Å². The third kappa shape index (κ3) is 1.52. The number of anilines is 1. The van der Waals surface area contributed by atoms with Crippen LogP contribution in [0.15, 0.2) is 4.99 Å². The van der Waals surface area contributed by atoms with E-state index in [0.717, 1.165) is 31.9 Å². The van der Waals surface area contributed by atoms with Gasteiger partial charge in [0.1, 0.15) is 0 Å². The second-order valence-electron chi connectivity index (χ2n) is 3.27. The van der Waals surface area contributed by atoms with Crippen LogP contribution in [0.5, 0.6) is 0 Å². The van der Waals surface area contributed by atoms with Crippen molar-refractivity contribution >= 4 is 18.0 Å². The van der Waals surface area contributed by atoms with E-state index in [1.165, 1.54) is 6.08 Å². The van der Waals surface area contributed by atoms with Crippen LogP contribution in [-0.4, -0.2) is 34.4 Å². The van der Waals surface area contributed by atoms with Gasteiger partial charge in [-0.1, -0.05) is 0 Å². The molecule has 2 rings (SSSR count). The van der Waals surface area contributed by atoms with E-state index in [1.807, 2.05) is 11.9 Å². The summed E-state index contributed by atoms with van der Waals surface area (Å²) in [4.78, 5) is 19.6. The summed E-state index contributed by atoms with van der Waals surface area (Å²) in [5.41, 5.74) is 0. The molecule has 1 aliphatic heterocycles. The zero-order valence-corrected chi connectivity index (χ0v) is 7.97. The lowest BCUT2D eigenvalue weighted by molar-refractivity contribution is 0.564. The minimum Gasteiger partial charge on any atom is -0.344 e. The van der Waals surface area contributed by atoms with Gasteiger partial charge in [-0.15, -0.1) is 10.1 Å². The van der Waals surface area contributed by atoms with Crippen LogP contribution in [0, 0.1) is 0 Å².